The van der Waals surface area contributed by atoms with E-state index in [2.05, 4.69) is 25.7 Å². The Morgan fingerprint density at radius 2 is 1.86 bits per heavy atom. The van der Waals surface area contributed by atoms with Crippen molar-refractivity contribution in [3.63, 3.8) is 0 Å². The molecule has 0 aliphatic heterocycles. The number of benzene rings is 1. The molecule has 0 spiro atoms. The summed E-state index contributed by atoms with van der Waals surface area (Å²) in [5.74, 6) is -1.63. The first-order chi connectivity index (χ1) is 16.5. The van der Waals surface area contributed by atoms with E-state index in [-0.39, 0.29) is 33.8 Å². The molecule has 16 heteroatoms. The third-order valence-electron chi connectivity index (χ3n) is 4.30. The summed E-state index contributed by atoms with van der Waals surface area (Å²) in [6.45, 7) is 0. The molecule has 2 amide bonds. The van der Waals surface area contributed by atoms with Gasteiger partial charge in [-0.3, -0.25) is 24.5 Å². The summed E-state index contributed by atoms with van der Waals surface area (Å²) in [4.78, 5) is 43.2. The summed E-state index contributed by atoms with van der Waals surface area (Å²) in [5, 5.41) is 9.61. The zero-order valence-electron chi connectivity index (χ0n) is 18.1. The van der Waals surface area contributed by atoms with Crippen molar-refractivity contribution < 1.29 is 32.2 Å². The van der Waals surface area contributed by atoms with Crippen molar-refractivity contribution in [3.8, 4) is 11.5 Å². The monoisotopic (exact) mass is 513 g/mol. The van der Waals surface area contributed by atoms with Gasteiger partial charge in [0, 0.05) is 11.6 Å². The van der Waals surface area contributed by atoms with Crippen LogP contribution in [0.1, 0.15) is 16.1 Å². The van der Waals surface area contributed by atoms with Crippen LogP contribution in [-0.4, -0.2) is 52.0 Å². The van der Waals surface area contributed by atoms with Crippen molar-refractivity contribution in [1.82, 2.24) is 20.2 Å². The summed E-state index contributed by atoms with van der Waals surface area (Å²) in [6.07, 6.45) is -4.64. The van der Waals surface area contributed by atoms with Crippen LogP contribution < -0.4 is 31.4 Å². The number of nitrogens with one attached hydrogen (secondary N) is 4. The average Bonchev–Trinajstić information content (AvgIpc) is 3.28. The lowest BCUT2D eigenvalue weighted by Crippen LogP contribution is -2.23. The molecule has 0 aliphatic rings. The Hall–Kier alpha value is -4.21. The van der Waals surface area contributed by atoms with Gasteiger partial charge in [-0.25, -0.2) is 4.98 Å². The van der Waals surface area contributed by atoms with Gasteiger partial charge in [0.05, 0.1) is 20.0 Å². The number of methoxy groups -OCH3 is 2. The fourth-order valence-corrected chi connectivity index (χ4v) is 3.33. The third-order valence-corrected chi connectivity index (χ3v) is 5.17. The average molecular weight is 513 g/mol. The van der Waals surface area contributed by atoms with Crippen LogP contribution in [0, 0.1) is 0 Å². The highest BCUT2D eigenvalue weighted by molar-refractivity contribution is 7.99. The Balaban J connectivity index is 1.64. The largest absolute Gasteiger partial charge is 0.493 e. The number of thioether (sulfide) groups is 1. The lowest BCUT2D eigenvalue weighted by molar-refractivity contribution is -0.141. The number of H-pyrrole nitrogens is 2. The number of nitrogens with zero attached hydrogens (tertiary/aromatic N) is 2. The number of carbonyl (C=O) groups excluding carboxylic acids is 2. The van der Waals surface area contributed by atoms with Gasteiger partial charge in [0.2, 0.25) is 5.91 Å². The van der Waals surface area contributed by atoms with Crippen molar-refractivity contribution >= 4 is 40.9 Å². The lowest BCUT2D eigenvalue weighted by atomic mass is 10.2. The van der Waals surface area contributed by atoms with Crippen molar-refractivity contribution in [1.29, 1.82) is 0 Å². The molecule has 0 fully saturated rings. The van der Waals surface area contributed by atoms with E-state index in [1.54, 1.807) is 5.10 Å². The lowest BCUT2D eigenvalue weighted by Gasteiger charge is -2.11. The summed E-state index contributed by atoms with van der Waals surface area (Å²) >= 11 is 0.759. The molecule has 0 bridgehead atoms. The number of nitrogen functional groups attached to an aromatic ring is 1. The molecule has 0 unspecified atom stereocenters. The van der Waals surface area contributed by atoms with E-state index in [9.17, 15) is 27.6 Å². The van der Waals surface area contributed by atoms with Crippen LogP contribution in [0.15, 0.2) is 34.2 Å². The van der Waals surface area contributed by atoms with Gasteiger partial charge in [0.15, 0.2) is 28.3 Å². The highest BCUT2D eigenvalue weighted by Crippen LogP contribution is 2.29. The molecule has 0 radical (unpaired) electrons. The Bertz CT molecular complexity index is 1310. The molecule has 3 rings (SSSR count). The minimum absolute atomic E-state index is 0.0511. The fourth-order valence-electron chi connectivity index (χ4n) is 2.67. The predicted molar refractivity (Wildman–Crippen MR) is 120 cm³/mol. The number of halogens is 3. The molecular formula is C19H18F3N7O5S. The van der Waals surface area contributed by atoms with Crippen LogP contribution in [0.25, 0.3) is 0 Å². The van der Waals surface area contributed by atoms with E-state index in [0.29, 0.717) is 17.6 Å². The van der Waals surface area contributed by atoms with Crippen LogP contribution >= 0.6 is 11.8 Å². The highest BCUT2D eigenvalue weighted by atomic mass is 32.2. The second-order valence-corrected chi connectivity index (χ2v) is 7.62. The van der Waals surface area contributed by atoms with Crippen molar-refractivity contribution in [2.45, 2.75) is 11.3 Å². The number of hydrogen-bond donors (Lipinski definition) is 5. The van der Waals surface area contributed by atoms with Gasteiger partial charge < -0.3 is 25.8 Å². The minimum Gasteiger partial charge on any atom is -0.493 e. The van der Waals surface area contributed by atoms with Gasteiger partial charge in [0.25, 0.3) is 11.5 Å². The first kappa shape index (κ1) is 25.4. The van der Waals surface area contributed by atoms with Crippen LogP contribution in [0.4, 0.5) is 30.5 Å². The van der Waals surface area contributed by atoms with Crippen molar-refractivity contribution in [3.05, 3.63) is 45.9 Å². The summed E-state index contributed by atoms with van der Waals surface area (Å²) in [5.41, 5.74) is 3.74. The second kappa shape index (κ2) is 10.4. The standard InChI is InChI=1S/C19H18F3N7O5S/c1-33-9-4-3-8(5-10(9)34-2)16(31)25-14-15(23)26-18(27-17(14)32)35-7-13(30)24-12-6-11(28-29-12)19(20,21)22/h3-6H,7H2,1-2H3,(H,25,31)(H3,23,26,27,32)(H2,24,28,29,30). The smallest absolute Gasteiger partial charge is 0.432 e. The number of aromatic amines is 2. The van der Waals surface area contributed by atoms with Gasteiger partial charge >= 0.3 is 6.18 Å². The van der Waals surface area contributed by atoms with Gasteiger partial charge in [-0.15, -0.1) is 0 Å². The zero-order valence-corrected chi connectivity index (χ0v) is 18.9. The van der Waals surface area contributed by atoms with Crippen molar-refractivity contribution in [2.24, 2.45) is 0 Å². The topological polar surface area (TPSA) is 177 Å². The highest BCUT2D eigenvalue weighted by Gasteiger charge is 2.33. The second-order valence-electron chi connectivity index (χ2n) is 6.66. The predicted octanol–water partition coefficient (Wildman–Crippen LogP) is 2.09. The van der Waals surface area contributed by atoms with E-state index in [1.165, 1.54) is 32.4 Å². The number of hydrogen-bond acceptors (Lipinski definition) is 9. The Labute approximate surface area is 198 Å². The number of alkyl halides is 3. The molecule has 12 nitrogen and oxygen atoms in total. The molecule has 1 aromatic carbocycles. The maximum Gasteiger partial charge on any atom is 0.432 e. The first-order valence-corrected chi connectivity index (χ1v) is 10.5. The Morgan fingerprint density at radius 3 is 2.46 bits per heavy atom. The number of carbonyl (C=O) groups is 2. The van der Waals surface area contributed by atoms with Gasteiger partial charge in [-0.1, -0.05) is 11.8 Å². The maximum absolute atomic E-state index is 12.6. The molecule has 0 saturated heterocycles. The van der Waals surface area contributed by atoms with Gasteiger partial charge in [-0.05, 0) is 18.2 Å². The van der Waals surface area contributed by atoms with E-state index in [1.807, 2.05) is 0 Å². The summed E-state index contributed by atoms with van der Waals surface area (Å²) < 4.78 is 48.0. The maximum atomic E-state index is 12.6. The van der Waals surface area contributed by atoms with E-state index >= 15 is 0 Å². The Kier molecular flexibility index (Phi) is 7.53. The third kappa shape index (κ3) is 6.23. The molecule has 0 aliphatic carbocycles. The summed E-state index contributed by atoms with van der Waals surface area (Å²) in [7, 11) is 2.84. The van der Waals surface area contributed by atoms with Gasteiger partial charge in [0.1, 0.15) is 11.4 Å². The zero-order chi connectivity index (χ0) is 25.8. The number of rotatable bonds is 8. The number of ether oxygens (including phenoxy) is 2. The van der Waals surface area contributed by atoms with E-state index in [0.717, 1.165) is 11.8 Å². The van der Waals surface area contributed by atoms with Crippen LogP contribution in [0.5, 0.6) is 11.5 Å². The molecule has 35 heavy (non-hydrogen) atoms. The normalized spacial score (nSPS) is 11.1. The summed E-state index contributed by atoms with van der Waals surface area (Å²) in [6, 6.07) is 5.01. The SMILES string of the molecule is COc1ccc(C(=O)Nc2c(N)nc(SCC(=O)Nc3cc(C(F)(F)F)[nH]n3)[nH]c2=O)cc1OC. The molecule has 2 aromatic heterocycles. The van der Waals surface area contributed by atoms with E-state index < -0.39 is 29.2 Å². The number of aromatic nitrogens is 4. The fraction of sp³-hybridized carbons (Fsp3) is 0.211. The van der Waals surface area contributed by atoms with Gasteiger partial charge in [-0.2, -0.15) is 18.3 Å². The van der Waals surface area contributed by atoms with Crippen molar-refractivity contribution in [2.75, 3.05) is 36.3 Å². The molecule has 6 N–H and O–H groups in total. The molecule has 2 heterocycles. The number of nitrogens with two attached hydrogens (primary N) is 1. The molecular weight excluding hydrogens is 495 g/mol. The van der Waals surface area contributed by atoms with Crippen LogP contribution in [-0.2, 0) is 11.0 Å². The Morgan fingerprint density at radius 1 is 1.14 bits per heavy atom. The van der Waals surface area contributed by atoms with E-state index in [4.69, 9.17) is 15.2 Å². The quantitative estimate of drug-likeness (QED) is 0.223. The molecule has 186 valence electrons. The minimum atomic E-state index is -4.64. The number of anilines is 3. The molecule has 3 aromatic rings. The molecule has 0 saturated carbocycles. The van der Waals surface area contributed by atoms with Crippen LogP contribution in [0.2, 0.25) is 0 Å². The molecule has 0 atom stereocenters. The first-order valence-electron chi connectivity index (χ1n) is 9.50. The van der Waals surface area contributed by atoms with Crippen LogP contribution in [0.3, 0.4) is 0 Å². The number of amides is 2.